The first-order valence-electron chi connectivity index (χ1n) is 20.7. The van der Waals surface area contributed by atoms with Gasteiger partial charge in [0.1, 0.15) is 0 Å². The van der Waals surface area contributed by atoms with E-state index in [-0.39, 0.29) is 11.3 Å². The molecule has 0 amide bonds. The molecule has 0 radical (unpaired) electrons. The lowest BCUT2D eigenvalue weighted by atomic mass is 9.80. The Hall–Kier alpha value is -6.70. The molecule has 1 unspecified atom stereocenters. The summed E-state index contributed by atoms with van der Waals surface area (Å²) in [4.78, 5) is 2.36. The van der Waals surface area contributed by atoms with Crippen LogP contribution in [0.4, 0.5) is 17.1 Å². The summed E-state index contributed by atoms with van der Waals surface area (Å²) in [5.74, 6) is 0.246. The van der Waals surface area contributed by atoms with Crippen LogP contribution in [-0.4, -0.2) is 0 Å². The highest BCUT2D eigenvalue weighted by molar-refractivity contribution is 6.10. The number of para-hydroxylation sites is 2. The van der Waals surface area contributed by atoms with Crippen LogP contribution < -0.4 is 4.90 Å². The van der Waals surface area contributed by atoms with Gasteiger partial charge in [0.2, 0.25) is 0 Å². The smallest absolute Gasteiger partial charge is 0.0465 e. The second-order valence-corrected chi connectivity index (χ2v) is 16.4. The van der Waals surface area contributed by atoms with Crippen molar-refractivity contribution in [2.45, 2.75) is 44.9 Å². The fraction of sp³-hybridized carbons (Fsp3) is 0.123. The lowest BCUT2D eigenvalue weighted by molar-refractivity contribution is 0.658. The zero-order chi connectivity index (χ0) is 39.2. The SMILES string of the molecule is CC(c1ccc(-c2ccc(C3=CC=CCC3)c3c(-c4ccccc4)cccc23)cc1)c1ccc2c(c1)C(C)(C)c1cc(N(c3ccccc3)c3ccccc3)ccc1-2. The molecule has 2 aliphatic carbocycles. The number of hydrogen-bond acceptors (Lipinski definition) is 1. The maximum absolute atomic E-state index is 2.48. The molecule has 1 atom stereocenters. The number of anilines is 3. The molecule has 0 spiro atoms. The van der Waals surface area contributed by atoms with Crippen LogP contribution in [0.25, 0.3) is 49.7 Å². The minimum Gasteiger partial charge on any atom is -0.310 e. The zero-order valence-corrected chi connectivity index (χ0v) is 33.5. The summed E-state index contributed by atoms with van der Waals surface area (Å²) >= 11 is 0. The molecule has 1 nitrogen and oxygen atoms in total. The molecule has 8 aromatic carbocycles. The Morgan fingerprint density at radius 2 is 1.07 bits per heavy atom. The Kier molecular flexibility index (Phi) is 9.03. The van der Waals surface area contributed by atoms with Crippen LogP contribution in [0.3, 0.4) is 0 Å². The molecule has 0 saturated heterocycles. The van der Waals surface area contributed by atoms with Crippen LogP contribution in [0.5, 0.6) is 0 Å². The largest absolute Gasteiger partial charge is 0.310 e. The summed E-state index contributed by atoms with van der Waals surface area (Å²) in [7, 11) is 0. The van der Waals surface area contributed by atoms with Gasteiger partial charge in [-0.05, 0) is 127 Å². The van der Waals surface area contributed by atoms with Crippen molar-refractivity contribution in [1.29, 1.82) is 0 Å². The van der Waals surface area contributed by atoms with Crippen molar-refractivity contribution >= 4 is 33.4 Å². The van der Waals surface area contributed by atoms with Crippen LogP contribution in [0.15, 0.2) is 200 Å². The van der Waals surface area contributed by atoms with Gasteiger partial charge in [-0.2, -0.15) is 0 Å². The van der Waals surface area contributed by atoms with E-state index in [1.165, 1.54) is 83.2 Å². The quantitative estimate of drug-likeness (QED) is 0.150. The Bertz CT molecular complexity index is 2800. The van der Waals surface area contributed by atoms with Gasteiger partial charge in [-0.25, -0.2) is 0 Å². The van der Waals surface area contributed by atoms with Crippen molar-refractivity contribution in [1.82, 2.24) is 0 Å². The summed E-state index contributed by atoms with van der Waals surface area (Å²) in [5.41, 5.74) is 19.3. The van der Waals surface area contributed by atoms with Gasteiger partial charge in [0.05, 0.1) is 0 Å². The van der Waals surface area contributed by atoms with Gasteiger partial charge in [0.25, 0.3) is 0 Å². The first kappa shape index (κ1) is 35.7. The third-order valence-electron chi connectivity index (χ3n) is 12.7. The van der Waals surface area contributed by atoms with E-state index in [2.05, 4.69) is 226 Å². The number of fused-ring (bicyclic) bond motifs is 4. The minimum atomic E-state index is -0.144. The van der Waals surface area contributed by atoms with Crippen molar-refractivity contribution in [3.8, 4) is 33.4 Å². The molecule has 1 heteroatoms. The molecule has 0 aromatic heterocycles. The molecule has 8 aromatic rings. The zero-order valence-electron chi connectivity index (χ0n) is 33.5. The van der Waals surface area contributed by atoms with Gasteiger partial charge in [-0.3, -0.25) is 0 Å². The Balaban J connectivity index is 0.977. The Morgan fingerprint density at radius 3 is 1.74 bits per heavy atom. The molecular formula is C57H47N. The average Bonchev–Trinajstić information content (AvgIpc) is 3.51. The monoisotopic (exact) mass is 745 g/mol. The molecular weight excluding hydrogens is 699 g/mol. The van der Waals surface area contributed by atoms with E-state index < -0.39 is 0 Å². The van der Waals surface area contributed by atoms with Crippen LogP contribution in [0.2, 0.25) is 0 Å². The van der Waals surface area contributed by atoms with Gasteiger partial charge in [0, 0.05) is 28.4 Å². The molecule has 0 fully saturated rings. The maximum Gasteiger partial charge on any atom is 0.0465 e. The van der Waals surface area contributed by atoms with E-state index >= 15 is 0 Å². The van der Waals surface area contributed by atoms with Crippen LogP contribution >= 0.6 is 0 Å². The molecule has 280 valence electrons. The van der Waals surface area contributed by atoms with Gasteiger partial charge in [-0.15, -0.1) is 0 Å². The lowest BCUT2D eigenvalue weighted by Gasteiger charge is -2.28. The van der Waals surface area contributed by atoms with Crippen molar-refractivity contribution in [2.75, 3.05) is 4.90 Å². The maximum atomic E-state index is 2.48. The average molecular weight is 746 g/mol. The summed E-state index contributed by atoms with van der Waals surface area (Å²) in [6.07, 6.45) is 8.94. The van der Waals surface area contributed by atoms with Crippen molar-refractivity contribution in [3.63, 3.8) is 0 Å². The number of hydrogen-bond donors (Lipinski definition) is 0. The third-order valence-corrected chi connectivity index (χ3v) is 12.7. The highest BCUT2D eigenvalue weighted by Crippen LogP contribution is 2.51. The van der Waals surface area contributed by atoms with Crippen LogP contribution in [0.1, 0.15) is 67.3 Å². The standard InChI is InChI=1S/C57H47N/c1-39(40-27-29-43(30-28-40)48-35-36-50(42-19-10-5-11-20-42)56-49(25-16-26-53(48)56)41-17-8-4-9-18-41)44-31-33-51-52-34-32-47(38-55(52)57(2,3)54(51)37-44)58(45-21-12-6-13-22-45)46-23-14-7-15-24-46/h4-10,12-19,21-39H,11,20H2,1-3H3. The Morgan fingerprint density at radius 1 is 0.483 bits per heavy atom. The van der Waals surface area contributed by atoms with E-state index in [9.17, 15) is 0 Å². The third kappa shape index (κ3) is 6.19. The molecule has 0 heterocycles. The van der Waals surface area contributed by atoms with E-state index in [4.69, 9.17) is 0 Å². The first-order valence-corrected chi connectivity index (χ1v) is 20.7. The van der Waals surface area contributed by atoms with Crippen LogP contribution in [-0.2, 0) is 5.41 Å². The summed E-state index contributed by atoms with van der Waals surface area (Å²) in [5, 5.41) is 2.64. The first-order chi connectivity index (χ1) is 28.5. The summed E-state index contributed by atoms with van der Waals surface area (Å²) in [6.45, 7) is 7.13. The van der Waals surface area contributed by atoms with E-state index in [1.54, 1.807) is 0 Å². The second kappa shape index (κ2) is 14.7. The fourth-order valence-electron chi connectivity index (χ4n) is 9.51. The van der Waals surface area contributed by atoms with Gasteiger partial charge >= 0.3 is 0 Å². The fourth-order valence-corrected chi connectivity index (χ4v) is 9.51. The number of benzene rings is 8. The summed E-state index contributed by atoms with van der Waals surface area (Å²) < 4.78 is 0. The van der Waals surface area contributed by atoms with Crippen molar-refractivity contribution < 1.29 is 0 Å². The van der Waals surface area contributed by atoms with Crippen molar-refractivity contribution in [3.05, 3.63) is 228 Å². The highest BCUT2D eigenvalue weighted by atomic mass is 15.1. The number of rotatable bonds is 8. The molecule has 0 saturated carbocycles. The van der Waals surface area contributed by atoms with Gasteiger partial charge < -0.3 is 4.90 Å². The normalized spacial score (nSPS) is 14.4. The molecule has 0 N–H and O–H groups in total. The van der Waals surface area contributed by atoms with Gasteiger partial charge in [0.15, 0.2) is 0 Å². The molecule has 0 bridgehead atoms. The highest BCUT2D eigenvalue weighted by Gasteiger charge is 2.36. The summed E-state index contributed by atoms with van der Waals surface area (Å²) in [6, 6.07) is 67.3. The minimum absolute atomic E-state index is 0.144. The number of allylic oxidation sites excluding steroid dienone is 4. The molecule has 10 rings (SSSR count). The Labute approximate surface area is 343 Å². The predicted molar refractivity (Wildman–Crippen MR) is 247 cm³/mol. The number of nitrogens with zero attached hydrogens (tertiary/aromatic N) is 1. The molecule has 2 aliphatic rings. The second-order valence-electron chi connectivity index (χ2n) is 16.4. The molecule has 0 aliphatic heterocycles. The van der Waals surface area contributed by atoms with E-state index in [0.717, 1.165) is 24.2 Å². The predicted octanol–water partition coefficient (Wildman–Crippen LogP) is 15.8. The van der Waals surface area contributed by atoms with Gasteiger partial charge in [-0.1, -0.05) is 185 Å². The molecule has 58 heavy (non-hydrogen) atoms. The van der Waals surface area contributed by atoms with E-state index in [0.29, 0.717) is 0 Å². The van der Waals surface area contributed by atoms with Crippen molar-refractivity contribution in [2.24, 2.45) is 0 Å². The lowest BCUT2D eigenvalue weighted by Crippen LogP contribution is -2.17. The topological polar surface area (TPSA) is 3.24 Å². The van der Waals surface area contributed by atoms with Crippen LogP contribution in [0, 0.1) is 0 Å². The van der Waals surface area contributed by atoms with E-state index in [1.807, 2.05) is 0 Å².